The molecule has 2 rings (SSSR count). The molecule has 2 heterocycles. The molecule has 0 saturated heterocycles. The molecule has 7 nitrogen and oxygen atoms in total. The number of nitrogens with zero attached hydrogens (tertiary/aromatic N) is 3. The Morgan fingerprint density at radius 1 is 1.19 bits per heavy atom. The number of ketones is 1. The number of pyridine rings is 1. The second kappa shape index (κ2) is 10.4. The third-order valence-electron chi connectivity index (χ3n) is 5.47. The van der Waals surface area contributed by atoms with Crippen LogP contribution in [0.2, 0.25) is 0 Å². The van der Waals surface area contributed by atoms with E-state index in [0.717, 1.165) is 5.56 Å². The van der Waals surface area contributed by atoms with Crippen molar-refractivity contribution < 1.29 is 19.1 Å². The van der Waals surface area contributed by atoms with E-state index in [1.807, 2.05) is 26.0 Å². The number of ether oxygens (including phenoxy) is 1. The predicted molar refractivity (Wildman–Crippen MR) is 119 cm³/mol. The molecule has 0 radical (unpaired) electrons. The van der Waals surface area contributed by atoms with E-state index in [0.29, 0.717) is 35.5 Å². The Labute approximate surface area is 184 Å². The van der Waals surface area contributed by atoms with Crippen molar-refractivity contribution in [2.24, 2.45) is 13.0 Å². The van der Waals surface area contributed by atoms with Gasteiger partial charge < -0.3 is 14.2 Å². The number of amides is 1. The molecule has 0 saturated carbocycles. The molecule has 2 aromatic heterocycles. The summed E-state index contributed by atoms with van der Waals surface area (Å²) in [7, 11) is 1.74. The van der Waals surface area contributed by atoms with Crippen LogP contribution in [0.3, 0.4) is 0 Å². The molecule has 0 aliphatic rings. The summed E-state index contributed by atoms with van der Waals surface area (Å²) in [4.78, 5) is 44.8. The summed E-state index contributed by atoms with van der Waals surface area (Å²) in [6, 6.07) is 3.00. The molecule has 1 amide bonds. The van der Waals surface area contributed by atoms with Crippen LogP contribution in [0, 0.1) is 19.8 Å². The number of hydrogen-bond acceptors (Lipinski definition) is 5. The van der Waals surface area contributed by atoms with Crippen molar-refractivity contribution in [2.75, 3.05) is 6.61 Å². The average molecular weight is 428 g/mol. The zero-order valence-corrected chi connectivity index (χ0v) is 19.6. The van der Waals surface area contributed by atoms with Gasteiger partial charge in [0.1, 0.15) is 5.69 Å². The Hall–Kier alpha value is -2.96. The molecular formula is C24H33N3O4. The summed E-state index contributed by atoms with van der Waals surface area (Å²) < 4.78 is 6.85. The molecule has 1 atom stereocenters. The first-order chi connectivity index (χ1) is 14.6. The molecule has 7 heteroatoms. The van der Waals surface area contributed by atoms with Crippen molar-refractivity contribution in [3.8, 4) is 0 Å². The molecule has 0 N–H and O–H groups in total. The van der Waals surface area contributed by atoms with Gasteiger partial charge in [-0.05, 0) is 50.8 Å². The SMILES string of the molecule is CCOC(=O)c1c(C)c(C(=O)C(C)N(Cc2cccnc2)C(=O)CC(C)C)c(C)n1C. The normalized spacial score (nSPS) is 12.0. The van der Waals surface area contributed by atoms with E-state index in [1.54, 1.807) is 56.6 Å². The van der Waals surface area contributed by atoms with Gasteiger partial charge >= 0.3 is 5.97 Å². The molecule has 31 heavy (non-hydrogen) atoms. The number of aromatic nitrogens is 2. The first-order valence-corrected chi connectivity index (χ1v) is 10.7. The van der Waals surface area contributed by atoms with E-state index >= 15 is 0 Å². The second-order valence-electron chi connectivity index (χ2n) is 8.23. The Morgan fingerprint density at radius 2 is 1.87 bits per heavy atom. The number of esters is 1. The van der Waals surface area contributed by atoms with Crippen molar-refractivity contribution in [2.45, 2.75) is 60.5 Å². The van der Waals surface area contributed by atoms with Crippen molar-refractivity contribution in [3.05, 3.63) is 52.6 Å². The molecule has 0 aromatic carbocycles. The molecular weight excluding hydrogens is 394 g/mol. The van der Waals surface area contributed by atoms with Crippen LogP contribution in [0.25, 0.3) is 0 Å². The van der Waals surface area contributed by atoms with Gasteiger partial charge in [0.15, 0.2) is 5.78 Å². The van der Waals surface area contributed by atoms with Gasteiger partial charge in [0.05, 0.1) is 12.6 Å². The maximum atomic E-state index is 13.6. The van der Waals surface area contributed by atoms with E-state index in [4.69, 9.17) is 4.74 Å². The number of carbonyl (C=O) groups is 3. The van der Waals surface area contributed by atoms with Crippen LogP contribution in [0.1, 0.15) is 71.8 Å². The number of Topliss-reactive ketones (excluding diaryl/α,β-unsaturated/α-hetero) is 1. The molecule has 0 spiro atoms. The van der Waals surface area contributed by atoms with Crippen molar-refractivity contribution in [1.82, 2.24) is 14.5 Å². The van der Waals surface area contributed by atoms with Crippen molar-refractivity contribution in [1.29, 1.82) is 0 Å². The molecule has 0 bridgehead atoms. The predicted octanol–water partition coefficient (Wildman–Crippen LogP) is 3.86. The highest BCUT2D eigenvalue weighted by atomic mass is 16.5. The fourth-order valence-electron chi connectivity index (χ4n) is 3.78. The number of carbonyl (C=O) groups excluding carboxylic acids is 3. The topological polar surface area (TPSA) is 81.5 Å². The minimum atomic E-state index is -0.693. The fourth-order valence-corrected chi connectivity index (χ4v) is 3.78. The van der Waals surface area contributed by atoms with Gasteiger partial charge in [-0.15, -0.1) is 0 Å². The van der Waals surface area contributed by atoms with Gasteiger partial charge in [0, 0.05) is 43.7 Å². The van der Waals surface area contributed by atoms with Gasteiger partial charge in [-0.2, -0.15) is 0 Å². The standard InChI is InChI=1S/C24H33N3O4/c1-8-31-24(30)22-16(4)21(17(5)26(22)7)23(29)18(6)27(20(28)12-15(2)3)14-19-10-9-11-25-13-19/h9-11,13,15,18H,8,12,14H2,1-7H3. The van der Waals surface area contributed by atoms with Crippen LogP contribution in [-0.2, 0) is 23.1 Å². The minimum Gasteiger partial charge on any atom is -0.461 e. The maximum absolute atomic E-state index is 13.6. The third kappa shape index (κ3) is 5.40. The summed E-state index contributed by atoms with van der Waals surface area (Å²) in [6.45, 7) is 11.5. The van der Waals surface area contributed by atoms with Crippen molar-refractivity contribution in [3.63, 3.8) is 0 Å². The quantitative estimate of drug-likeness (QED) is 0.448. The van der Waals surface area contributed by atoms with Gasteiger partial charge in [-0.25, -0.2) is 4.79 Å². The highest BCUT2D eigenvalue weighted by Gasteiger charge is 2.32. The van der Waals surface area contributed by atoms with E-state index in [1.165, 1.54) is 0 Å². The Bertz CT molecular complexity index is 947. The number of hydrogen-bond donors (Lipinski definition) is 0. The summed E-state index contributed by atoms with van der Waals surface area (Å²) in [5.41, 5.74) is 2.93. The molecule has 1 unspecified atom stereocenters. The Kier molecular flexibility index (Phi) is 8.14. The van der Waals surface area contributed by atoms with E-state index in [2.05, 4.69) is 4.98 Å². The minimum absolute atomic E-state index is 0.0865. The first kappa shape index (κ1) is 24.3. The van der Waals surface area contributed by atoms with E-state index in [-0.39, 0.29) is 24.2 Å². The highest BCUT2D eigenvalue weighted by molar-refractivity contribution is 6.06. The smallest absolute Gasteiger partial charge is 0.355 e. The van der Waals surface area contributed by atoms with Crippen LogP contribution in [0.5, 0.6) is 0 Å². The van der Waals surface area contributed by atoms with Crippen LogP contribution < -0.4 is 0 Å². The third-order valence-corrected chi connectivity index (χ3v) is 5.47. The zero-order valence-electron chi connectivity index (χ0n) is 19.6. The maximum Gasteiger partial charge on any atom is 0.355 e. The monoisotopic (exact) mass is 427 g/mol. The summed E-state index contributed by atoms with van der Waals surface area (Å²) in [5, 5.41) is 0. The van der Waals surface area contributed by atoms with Gasteiger partial charge in [0.2, 0.25) is 5.91 Å². The highest BCUT2D eigenvalue weighted by Crippen LogP contribution is 2.25. The molecule has 2 aromatic rings. The molecule has 0 fully saturated rings. The van der Waals surface area contributed by atoms with Gasteiger partial charge in [-0.3, -0.25) is 14.6 Å². The largest absolute Gasteiger partial charge is 0.461 e. The lowest BCUT2D eigenvalue weighted by atomic mass is 9.98. The Morgan fingerprint density at radius 3 is 2.42 bits per heavy atom. The lowest BCUT2D eigenvalue weighted by molar-refractivity contribution is -0.133. The first-order valence-electron chi connectivity index (χ1n) is 10.7. The average Bonchev–Trinajstić information content (AvgIpc) is 2.94. The molecule has 168 valence electrons. The van der Waals surface area contributed by atoms with Crippen LogP contribution in [0.15, 0.2) is 24.5 Å². The van der Waals surface area contributed by atoms with E-state index < -0.39 is 12.0 Å². The lowest BCUT2D eigenvalue weighted by Crippen LogP contribution is -2.43. The zero-order chi connectivity index (χ0) is 23.3. The second-order valence-corrected chi connectivity index (χ2v) is 8.23. The number of rotatable bonds is 9. The summed E-state index contributed by atoms with van der Waals surface area (Å²) in [6.07, 6.45) is 3.72. The molecule has 0 aliphatic carbocycles. The fraction of sp³-hybridized carbons (Fsp3) is 0.500. The lowest BCUT2D eigenvalue weighted by Gasteiger charge is -2.29. The van der Waals surface area contributed by atoms with Crippen LogP contribution in [-0.4, -0.2) is 44.8 Å². The molecule has 0 aliphatic heterocycles. The summed E-state index contributed by atoms with van der Waals surface area (Å²) >= 11 is 0. The van der Waals surface area contributed by atoms with Crippen LogP contribution in [0.4, 0.5) is 0 Å². The van der Waals surface area contributed by atoms with E-state index in [9.17, 15) is 14.4 Å². The van der Waals surface area contributed by atoms with Gasteiger partial charge in [-0.1, -0.05) is 19.9 Å². The summed E-state index contributed by atoms with van der Waals surface area (Å²) in [5.74, 6) is -0.569. The van der Waals surface area contributed by atoms with Crippen LogP contribution >= 0.6 is 0 Å². The Balaban J connectivity index is 2.43. The van der Waals surface area contributed by atoms with Gasteiger partial charge in [0.25, 0.3) is 0 Å². The van der Waals surface area contributed by atoms with Crippen molar-refractivity contribution >= 4 is 17.7 Å².